The van der Waals surface area contributed by atoms with Crippen molar-refractivity contribution in [3.63, 3.8) is 0 Å². The van der Waals surface area contributed by atoms with Crippen LogP contribution in [0.4, 0.5) is 0 Å². The first-order valence-corrected chi connectivity index (χ1v) is 8.54. The predicted octanol–water partition coefficient (Wildman–Crippen LogP) is 0.173. The van der Waals surface area contributed by atoms with Gasteiger partial charge >= 0.3 is 0 Å². The zero-order chi connectivity index (χ0) is 16.1. The first-order valence-electron chi connectivity index (χ1n) is 8.54. The van der Waals surface area contributed by atoms with Gasteiger partial charge in [-0.1, -0.05) is 13.8 Å². The second-order valence-corrected chi connectivity index (χ2v) is 6.84. The highest BCUT2D eigenvalue weighted by molar-refractivity contribution is 5.87. The lowest BCUT2D eigenvalue weighted by atomic mass is 10.0. The van der Waals surface area contributed by atoms with Gasteiger partial charge in [-0.05, 0) is 44.7 Å². The summed E-state index contributed by atoms with van der Waals surface area (Å²) in [5.41, 5.74) is 5.77. The highest BCUT2D eigenvalue weighted by atomic mass is 16.2. The minimum atomic E-state index is -0.547. The Hall–Kier alpha value is -1.14. The van der Waals surface area contributed by atoms with Gasteiger partial charge in [0, 0.05) is 19.1 Å². The number of hydrogen-bond donors (Lipinski definition) is 2. The molecule has 6 heteroatoms. The molecule has 0 aromatic carbocycles. The third kappa shape index (κ3) is 4.43. The van der Waals surface area contributed by atoms with E-state index in [1.807, 2.05) is 18.7 Å². The SMILES string of the molecule is CC(C)[C@H](N)C(=O)NCC(=O)N1CCC(N2CCCC2)CC1. The van der Waals surface area contributed by atoms with Gasteiger partial charge in [0.05, 0.1) is 12.6 Å². The lowest BCUT2D eigenvalue weighted by Gasteiger charge is -2.36. The number of nitrogens with one attached hydrogen (secondary N) is 1. The Morgan fingerprint density at radius 2 is 1.73 bits per heavy atom. The van der Waals surface area contributed by atoms with Crippen molar-refractivity contribution in [3.8, 4) is 0 Å². The van der Waals surface area contributed by atoms with Gasteiger partial charge < -0.3 is 20.9 Å². The van der Waals surface area contributed by atoms with E-state index in [0.29, 0.717) is 6.04 Å². The fourth-order valence-electron chi connectivity index (χ4n) is 3.28. The zero-order valence-corrected chi connectivity index (χ0v) is 13.9. The van der Waals surface area contributed by atoms with Gasteiger partial charge in [0.15, 0.2) is 0 Å². The number of carbonyl (C=O) groups is 2. The van der Waals surface area contributed by atoms with Crippen molar-refractivity contribution in [1.29, 1.82) is 0 Å². The Balaban J connectivity index is 1.69. The van der Waals surface area contributed by atoms with E-state index in [0.717, 1.165) is 25.9 Å². The summed E-state index contributed by atoms with van der Waals surface area (Å²) in [6.45, 7) is 7.87. The number of rotatable bonds is 5. The molecule has 2 amide bonds. The van der Waals surface area contributed by atoms with Crippen molar-refractivity contribution in [3.05, 3.63) is 0 Å². The van der Waals surface area contributed by atoms with Crippen LogP contribution in [0.5, 0.6) is 0 Å². The summed E-state index contributed by atoms with van der Waals surface area (Å²) in [7, 11) is 0. The number of nitrogens with two attached hydrogens (primary N) is 1. The zero-order valence-electron chi connectivity index (χ0n) is 13.9. The maximum absolute atomic E-state index is 12.2. The third-order valence-electron chi connectivity index (χ3n) is 4.91. The van der Waals surface area contributed by atoms with Crippen LogP contribution in [0, 0.1) is 5.92 Å². The van der Waals surface area contributed by atoms with Gasteiger partial charge in [-0.3, -0.25) is 9.59 Å². The van der Waals surface area contributed by atoms with E-state index in [1.54, 1.807) is 0 Å². The van der Waals surface area contributed by atoms with Crippen LogP contribution in [0.25, 0.3) is 0 Å². The molecule has 2 heterocycles. The molecule has 1 atom stereocenters. The van der Waals surface area contributed by atoms with Crippen LogP contribution in [-0.2, 0) is 9.59 Å². The lowest BCUT2D eigenvalue weighted by molar-refractivity contribution is -0.134. The van der Waals surface area contributed by atoms with E-state index < -0.39 is 6.04 Å². The summed E-state index contributed by atoms with van der Waals surface area (Å²) in [4.78, 5) is 28.4. The molecule has 0 saturated carbocycles. The minimum Gasteiger partial charge on any atom is -0.346 e. The van der Waals surface area contributed by atoms with Gasteiger partial charge in [-0.2, -0.15) is 0 Å². The summed E-state index contributed by atoms with van der Waals surface area (Å²) in [6.07, 6.45) is 4.71. The summed E-state index contributed by atoms with van der Waals surface area (Å²) < 4.78 is 0. The van der Waals surface area contributed by atoms with E-state index in [-0.39, 0.29) is 24.3 Å². The minimum absolute atomic E-state index is 0.00387. The maximum Gasteiger partial charge on any atom is 0.241 e. The van der Waals surface area contributed by atoms with Crippen molar-refractivity contribution in [2.75, 3.05) is 32.7 Å². The van der Waals surface area contributed by atoms with Crippen LogP contribution in [0.15, 0.2) is 0 Å². The predicted molar refractivity (Wildman–Crippen MR) is 86.2 cm³/mol. The monoisotopic (exact) mass is 310 g/mol. The van der Waals surface area contributed by atoms with Crippen LogP contribution in [0.3, 0.4) is 0 Å². The van der Waals surface area contributed by atoms with Crippen molar-refractivity contribution in [1.82, 2.24) is 15.1 Å². The molecule has 2 rings (SSSR count). The van der Waals surface area contributed by atoms with Crippen LogP contribution >= 0.6 is 0 Å². The standard InChI is InChI=1S/C16H30N4O2/c1-12(2)15(17)16(22)18-11-14(21)20-9-5-13(6-10-20)19-7-3-4-8-19/h12-13,15H,3-11,17H2,1-2H3,(H,18,22)/t15-/m0/s1. The quantitative estimate of drug-likeness (QED) is 0.759. The number of nitrogens with zero attached hydrogens (tertiary/aromatic N) is 2. The molecule has 22 heavy (non-hydrogen) atoms. The second-order valence-electron chi connectivity index (χ2n) is 6.84. The topological polar surface area (TPSA) is 78.7 Å². The van der Waals surface area contributed by atoms with Crippen LogP contribution in [0.2, 0.25) is 0 Å². The molecule has 2 fully saturated rings. The fraction of sp³-hybridized carbons (Fsp3) is 0.875. The number of hydrogen-bond acceptors (Lipinski definition) is 4. The Morgan fingerprint density at radius 1 is 1.14 bits per heavy atom. The molecule has 2 aliphatic rings. The molecule has 0 aliphatic carbocycles. The van der Waals surface area contributed by atoms with Gasteiger partial charge in [0.25, 0.3) is 0 Å². The fourth-order valence-corrected chi connectivity index (χ4v) is 3.28. The van der Waals surface area contributed by atoms with E-state index in [9.17, 15) is 9.59 Å². The molecule has 3 N–H and O–H groups in total. The average molecular weight is 310 g/mol. The maximum atomic E-state index is 12.2. The molecule has 0 spiro atoms. The van der Waals surface area contributed by atoms with Crippen molar-refractivity contribution in [2.45, 2.75) is 51.6 Å². The van der Waals surface area contributed by atoms with E-state index in [4.69, 9.17) is 5.73 Å². The summed E-state index contributed by atoms with van der Waals surface area (Å²) in [5, 5.41) is 2.66. The van der Waals surface area contributed by atoms with Gasteiger partial charge in [0.2, 0.25) is 11.8 Å². The molecule has 0 bridgehead atoms. The second kappa shape index (κ2) is 7.92. The number of likely N-dealkylation sites (tertiary alicyclic amines) is 2. The molecule has 0 aromatic heterocycles. The highest BCUT2D eigenvalue weighted by Crippen LogP contribution is 2.20. The average Bonchev–Trinajstić information content (AvgIpc) is 3.06. The Kier molecular flexibility index (Phi) is 6.20. The Labute approximate surface area is 133 Å². The molecule has 0 radical (unpaired) electrons. The molecular formula is C16H30N4O2. The van der Waals surface area contributed by atoms with Crippen LogP contribution in [-0.4, -0.2) is 66.4 Å². The normalized spacial score (nSPS) is 22.1. The molecular weight excluding hydrogens is 280 g/mol. The van der Waals surface area contributed by atoms with E-state index >= 15 is 0 Å². The number of amides is 2. The summed E-state index contributed by atoms with van der Waals surface area (Å²) in [5.74, 6) is -0.161. The smallest absolute Gasteiger partial charge is 0.241 e. The largest absolute Gasteiger partial charge is 0.346 e. The highest BCUT2D eigenvalue weighted by Gasteiger charge is 2.28. The number of piperidine rings is 1. The first-order chi connectivity index (χ1) is 10.5. The molecule has 2 saturated heterocycles. The summed E-state index contributed by atoms with van der Waals surface area (Å²) in [6, 6.07) is 0.0872. The molecule has 0 unspecified atom stereocenters. The first kappa shape index (κ1) is 17.2. The van der Waals surface area contributed by atoms with Gasteiger partial charge in [-0.15, -0.1) is 0 Å². The van der Waals surface area contributed by atoms with Crippen LogP contribution in [0.1, 0.15) is 39.5 Å². The number of carbonyl (C=O) groups excluding carboxylic acids is 2. The molecule has 2 aliphatic heterocycles. The van der Waals surface area contributed by atoms with Gasteiger partial charge in [-0.25, -0.2) is 0 Å². The van der Waals surface area contributed by atoms with E-state index in [2.05, 4.69) is 10.2 Å². The van der Waals surface area contributed by atoms with Crippen molar-refractivity contribution in [2.24, 2.45) is 11.7 Å². The van der Waals surface area contributed by atoms with Crippen molar-refractivity contribution >= 4 is 11.8 Å². The molecule has 6 nitrogen and oxygen atoms in total. The Bertz CT molecular complexity index is 386. The van der Waals surface area contributed by atoms with Crippen LogP contribution < -0.4 is 11.1 Å². The van der Waals surface area contributed by atoms with Crippen molar-refractivity contribution < 1.29 is 9.59 Å². The van der Waals surface area contributed by atoms with Gasteiger partial charge in [0.1, 0.15) is 0 Å². The molecule has 126 valence electrons. The molecule has 0 aromatic rings. The Morgan fingerprint density at radius 3 is 2.27 bits per heavy atom. The summed E-state index contributed by atoms with van der Waals surface area (Å²) >= 11 is 0. The third-order valence-corrected chi connectivity index (χ3v) is 4.91. The lowest BCUT2D eigenvalue weighted by Crippen LogP contribution is -2.50. The van der Waals surface area contributed by atoms with E-state index in [1.165, 1.54) is 25.9 Å².